The maximum absolute atomic E-state index is 10.9. The maximum atomic E-state index is 10.9. The van der Waals surface area contributed by atoms with Gasteiger partial charge in [-0.15, -0.1) is 5.10 Å². The van der Waals surface area contributed by atoms with Gasteiger partial charge in [0.1, 0.15) is 5.82 Å². The first-order valence-electron chi connectivity index (χ1n) is 6.48. The fourth-order valence-corrected chi connectivity index (χ4v) is 2.64. The fourth-order valence-electron chi connectivity index (χ4n) is 2.64. The molecule has 6 nitrogen and oxygen atoms in total. The first kappa shape index (κ1) is 12.0. The van der Waals surface area contributed by atoms with Crippen LogP contribution < -0.4 is 4.90 Å². The summed E-state index contributed by atoms with van der Waals surface area (Å²) in [6.07, 6.45) is 6.38. The molecule has 1 aliphatic carbocycles. The highest BCUT2D eigenvalue weighted by molar-refractivity contribution is 5.86. The zero-order chi connectivity index (χ0) is 13.4. The van der Waals surface area contributed by atoms with Gasteiger partial charge < -0.3 is 10.0 Å². The van der Waals surface area contributed by atoms with Gasteiger partial charge in [-0.25, -0.2) is 14.3 Å². The van der Waals surface area contributed by atoms with E-state index in [1.165, 1.54) is 36.4 Å². The average Bonchev–Trinajstić information content (AvgIpc) is 3.06. The Morgan fingerprint density at radius 3 is 2.84 bits per heavy atom. The first-order chi connectivity index (χ1) is 9.15. The Labute approximate surface area is 110 Å². The summed E-state index contributed by atoms with van der Waals surface area (Å²) in [6.45, 7) is 0. The molecular weight excluding hydrogens is 244 g/mol. The smallest absolute Gasteiger partial charge is 0.356 e. The van der Waals surface area contributed by atoms with Crippen LogP contribution in [-0.2, 0) is 0 Å². The largest absolute Gasteiger partial charge is 0.476 e. The van der Waals surface area contributed by atoms with Crippen LogP contribution >= 0.6 is 0 Å². The predicted octanol–water partition coefficient (Wildman–Crippen LogP) is 1.81. The standard InChI is InChI=1S/C13H16N4O2/c1-16(9-4-2-3-5-9)12-7-6-11-14-10(13(18)19)8-17(11)15-12/h6-9H,2-5H2,1H3,(H,18,19). The molecule has 0 amide bonds. The molecule has 0 aromatic carbocycles. The summed E-state index contributed by atoms with van der Waals surface area (Å²) < 4.78 is 1.53. The SMILES string of the molecule is CN(c1ccc2nc(C(=O)O)cn2n1)C1CCCC1. The van der Waals surface area contributed by atoms with Gasteiger partial charge in [-0.1, -0.05) is 12.8 Å². The number of carbonyl (C=O) groups is 1. The minimum Gasteiger partial charge on any atom is -0.476 e. The molecule has 0 saturated heterocycles. The number of fused-ring (bicyclic) bond motifs is 1. The zero-order valence-electron chi connectivity index (χ0n) is 10.8. The van der Waals surface area contributed by atoms with Crippen molar-refractivity contribution in [2.24, 2.45) is 0 Å². The third-order valence-electron chi connectivity index (χ3n) is 3.76. The Morgan fingerprint density at radius 1 is 1.42 bits per heavy atom. The normalized spacial score (nSPS) is 16.1. The summed E-state index contributed by atoms with van der Waals surface area (Å²) in [4.78, 5) is 17.1. The van der Waals surface area contributed by atoms with Gasteiger partial charge in [0, 0.05) is 13.1 Å². The monoisotopic (exact) mass is 260 g/mol. The fraction of sp³-hybridized carbons (Fsp3) is 0.462. The number of carboxylic acid groups (broad SMARTS) is 1. The van der Waals surface area contributed by atoms with Crippen LogP contribution in [0.5, 0.6) is 0 Å². The molecule has 0 bridgehead atoms. The van der Waals surface area contributed by atoms with Crippen LogP contribution in [0.3, 0.4) is 0 Å². The zero-order valence-corrected chi connectivity index (χ0v) is 10.8. The van der Waals surface area contributed by atoms with Gasteiger partial charge in [-0.2, -0.15) is 0 Å². The molecule has 3 rings (SSSR count). The third kappa shape index (κ3) is 2.14. The molecule has 1 aliphatic rings. The van der Waals surface area contributed by atoms with Crippen LogP contribution in [0.4, 0.5) is 5.82 Å². The second kappa shape index (κ2) is 4.53. The van der Waals surface area contributed by atoms with Crippen molar-refractivity contribution in [3.8, 4) is 0 Å². The van der Waals surface area contributed by atoms with E-state index in [1.54, 1.807) is 6.07 Å². The predicted molar refractivity (Wildman–Crippen MR) is 70.6 cm³/mol. The molecule has 100 valence electrons. The topological polar surface area (TPSA) is 70.7 Å². The van der Waals surface area contributed by atoms with Crippen molar-refractivity contribution < 1.29 is 9.90 Å². The molecule has 0 radical (unpaired) electrons. The number of hydrogen-bond acceptors (Lipinski definition) is 4. The van der Waals surface area contributed by atoms with Gasteiger partial charge >= 0.3 is 5.97 Å². The van der Waals surface area contributed by atoms with Crippen LogP contribution in [0.25, 0.3) is 5.65 Å². The second-order valence-corrected chi connectivity index (χ2v) is 4.97. The number of rotatable bonds is 3. The van der Waals surface area contributed by atoms with Gasteiger partial charge in [0.2, 0.25) is 0 Å². The van der Waals surface area contributed by atoms with Crippen molar-refractivity contribution in [3.05, 3.63) is 24.0 Å². The summed E-state index contributed by atoms with van der Waals surface area (Å²) in [6, 6.07) is 4.24. The van der Waals surface area contributed by atoms with E-state index in [9.17, 15) is 4.79 Å². The number of carboxylic acids is 1. The van der Waals surface area contributed by atoms with E-state index in [-0.39, 0.29) is 5.69 Å². The van der Waals surface area contributed by atoms with E-state index in [0.717, 1.165) is 5.82 Å². The Morgan fingerprint density at radius 2 is 2.16 bits per heavy atom. The summed E-state index contributed by atoms with van der Waals surface area (Å²) in [5.74, 6) is -0.176. The number of nitrogens with zero attached hydrogens (tertiary/aromatic N) is 4. The lowest BCUT2D eigenvalue weighted by Crippen LogP contribution is -2.29. The van der Waals surface area contributed by atoms with Crippen LogP contribution in [0.15, 0.2) is 18.3 Å². The molecule has 2 aromatic heterocycles. The Hall–Kier alpha value is -2.11. The summed E-state index contributed by atoms with van der Waals surface area (Å²) in [5.41, 5.74) is 0.578. The average molecular weight is 260 g/mol. The van der Waals surface area contributed by atoms with Crippen molar-refractivity contribution in [2.75, 3.05) is 11.9 Å². The van der Waals surface area contributed by atoms with Crippen molar-refractivity contribution in [2.45, 2.75) is 31.7 Å². The summed E-state index contributed by atoms with van der Waals surface area (Å²) in [7, 11) is 2.04. The molecule has 0 atom stereocenters. The van der Waals surface area contributed by atoms with Crippen LogP contribution in [0.1, 0.15) is 36.2 Å². The van der Waals surface area contributed by atoms with Gasteiger partial charge in [0.15, 0.2) is 11.3 Å². The molecule has 1 saturated carbocycles. The van der Waals surface area contributed by atoms with Gasteiger partial charge in [-0.05, 0) is 25.0 Å². The lowest BCUT2D eigenvalue weighted by molar-refractivity contribution is 0.0691. The first-order valence-corrected chi connectivity index (χ1v) is 6.48. The Balaban J connectivity index is 1.94. The lowest BCUT2D eigenvalue weighted by Gasteiger charge is -2.25. The van der Waals surface area contributed by atoms with E-state index in [0.29, 0.717) is 11.7 Å². The summed E-state index contributed by atoms with van der Waals surface area (Å²) in [5, 5.41) is 13.4. The van der Waals surface area contributed by atoms with Crippen LogP contribution in [0, 0.1) is 0 Å². The molecule has 6 heteroatoms. The van der Waals surface area contributed by atoms with E-state index < -0.39 is 5.97 Å². The molecule has 0 spiro atoms. The highest BCUT2D eigenvalue weighted by Crippen LogP contribution is 2.25. The number of anilines is 1. The van der Waals surface area contributed by atoms with Gasteiger partial charge in [0.25, 0.3) is 0 Å². The van der Waals surface area contributed by atoms with E-state index in [1.807, 2.05) is 13.1 Å². The number of aromatic carboxylic acids is 1. The second-order valence-electron chi connectivity index (χ2n) is 4.97. The molecule has 2 aromatic rings. The van der Waals surface area contributed by atoms with E-state index in [4.69, 9.17) is 5.11 Å². The number of aromatic nitrogens is 3. The van der Waals surface area contributed by atoms with E-state index in [2.05, 4.69) is 15.0 Å². The molecule has 0 aliphatic heterocycles. The quantitative estimate of drug-likeness (QED) is 0.911. The number of hydrogen-bond donors (Lipinski definition) is 1. The molecule has 2 heterocycles. The van der Waals surface area contributed by atoms with Gasteiger partial charge in [-0.3, -0.25) is 0 Å². The Bertz CT molecular complexity index is 616. The third-order valence-corrected chi connectivity index (χ3v) is 3.76. The Kier molecular flexibility index (Phi) is 2.85. The van der Waals surface area contributed by atoms with Crippen molar-refractivity contribution in [1.82, 2.24) is 14.6 Å². The molecule has 1 N–H and O–H groups in total. The number of imidazole rings is 1. The molecule has 1 fully saturated rings. The van der Waals surface area contributed by atoms with Crippen LogP contribution in [-0.4, -0.2) is 38.8 Å². The summed E-state index contributed by atoms with van der Waals surface area (Å²) >= 11 is 0. The maximum Gasteiger partial charge on any atom is 0.356 e. The lowest BCUT2D eigenvalue weighted by atomic mass is 10.2. The van der Waals surface area contributed by atoms with Crippen molar-refractivity contribution in [1.29, 1.82) is 0 Å². The van der Waals surface area contributed by atoms with Gasteiger partial charge in [0.05, 0.1) is 6.20 Å². The molecular formula is C13H16N4O2. The van der Waals surface area contributed by atoms with Crippen molar-refractivity contribution in [3.63, 3.8) is 0 Å². The minimum atomic E-state index is -1.03. The van der Waals surface area contributed by atoms with Crippen molar-refractivity contribution >= 4 is 17.4 Å². The highest BCUT2D eigenvalue weighted by Gasteiger charge is 2.21. The van der Waals surface area contributed by atoms with Crippen LogP contribution in [0.2, 0.25) is 0 Å². The van der Waals surface area contributed by atoms with E-state index >= 15 is 0 Å². The minimum absolute atomic E-state index is 0.0215. The molecule has 0 unspecified atom stereocenters. The molecule has 19 heavy (non-hydrogen) atoms. The highest BCUT2D eigenvalue weighted by atomic mass is 16.4.